The number of nitrogens with one attached hydrogen (secondary N) is 1. The average Bonchev–Trinajstić information content (AvgIpc) is 2.40. The zero-order valence-electron chi connectivity index (χ0n) is 12.6. The highest BCUT2D eigenvalue weighted by Crippen LogP contribution is 2.25. The van der Waals surface area contributed by atoms with Gasteiger partial charge in [-0.15, -0.1) is 0 Å². The molecule has 2 N–H and O–H groups in total. The monoisotopic (exact) mass is 291 g/mol. The summed E-state index contributed by atoms with van der Waals surface area (Å²) in [4.78, 5) is 21.9. The molecule has 0 fully saturated rings. The predicted octanol–water partition coefficient (Wildman–Crippen LogP) is 2.31. The second-order valence-corrected chi connectivity index (χ2v) is 4.71. The average molecular weight is 291 g/mol. The number of carbonyl (C=O) groups excluding carboxylic acids is 1. The lowest BCUT2D eigenvalue weighted by Crippen LogP contribution is -2.24. The summed E-state index contributed by atoms with van der Waals surface area (Å²) in [7, 11) is 0. The van der Waals surface area contributed by atoms with Crippen molar-refractivity contribution in [3.05, 3.63) is 34.9 Å². The van der Waals surface area contributed by atoms with E-state index in [0.29, 0.717) is 19.6 Å². The van der Waals surface area contributed by atoms with Crippen molar-refractivity contribution in [2.75, 3.05) is 13.2 Å². The summed E-state index contributed by atoms with van der Waals surface area (Å²) < 4.78 is 5.66. The van der Waals surface area contributed by atoms with Crippen LogP contribution in [0.1, 0.15) is 30.0 Å². The molecule has 0 aliphatic carbocycles. The number of rotatable bonds is 7. The number of amides is 1. The molecule has 114 valence electrons. The summed E-state index contributed by atoms with van der Waals surface area (Å²) in [6, 6.07) is 3.71. The largest absolute Gasteiger partial charge is 0.493 e. The Hall–Kier alpha value is -2.30. The van der Waals surface area contributed by atoms with E-state index in [-0.39, 0.29) is 5.91 Å². The van der Waals surface area contributed by atoms with Gasteiger partial charge in [-0.1, -0.05) is 0 Å². The van der Waals surface area contributed by atoms with Crippen molar-refractivity contribution in [3.8, 4) is 5.75 Å². The first kappa shape index (κ1) is 16.8. The third-order valence-corrected chi connectivity index (χ3v) is 2.85. The number of ether oxygens (including phenoxy) is 1. The van der Waals surface area contributed by atoms with E-state index in [4.69, 9.17) is 9.84 Å². The Morgan fingerprint density at radius 2 is 1.90 bits per heavy atom. The zero-order chi connectivity index (χ0) is 15.8. The summed E-state index contributed by atoms with van der Waals surface area (Å²) in [5.41, 5.74) is 2.63. The number of aryl methyl sites for hydroxylation is 2. The third kappa shape index (κ3) is 5.69. The molecule has 0 atom stereocenters. The van der Waals surface area contributed by atoms with E-state index in [9.17, 15) is 9.59 Å². The number of carboxylic acid groups (broad SMARTS) is 1. The van der Waals surface area contributed by atoms with Gasteiger partial charge in [0, 0.05) is 12.6 Å². The van der Waals surface area contributed by atoms with Crippen molar-refractivity contribution in [1.82, 2.24) is 5.32 Å². The van der Waals surface area contributed by atoms with Crippen LogP contribution in [0.3, 0.4) is 0 Å². The Balaban J connectivity index is 2.72. The molecule has 5 nitrogen and oxygen atoms in total. The highest BCUT2D eigenvalue weighted by Gasteiger charge is 2.07. The van der Waals surface area contributed by atoms with Crippen LogP contribution in [0.5, 0.6) is 5.75 Å². The van der Waals surface area contributed by atoms with Crippen LogP contribution in [0.2, 0.25) is 0 Å². The summed E-state index contributed by atoms with van der Waals surface area (Å²) in [6.45, 7) is 6.59. The number of carboxylic acids is 1. The molecule has 0 aromatic heterocycles. The van der Waals surface area contributed by atoms with Crippen molar-refractivity contribution >= 4 is 18.0 Å². The number of carbonyl (C=O) groups is 2. The molecule has 0 radical (unpaired) electrons. The summed E-state index contributed by atoms with van der Waals surface area (Å²) in [5.74, 6) is -0.270. The smallest absolute Gasteiger partial charge is 0.328 e. The Kier molecular flexibility index (Phi) is 6.46. The molecule has 0 bridgehead atoms. The fraction of sp³-hybridized carbons (Fsp3) is 0.375. The van der Waals surface area contributed by atoms with Crippen molar-refractivity contribution in [1.29, 1.82) is 0 Å². The molecule has 1 amide bonds. The number of aliphatic carboxylic acids is 1. The van der Waals surface area contributed by atoms with Crippen LogP contribution in [-0.4, -0.2) is 30.1 Å². The van der Waals surface area contributed by atoms with E-state index in [0.717, 1.165) is 28.5 Å². The van der Waals surface area contributed by atoms with E-state index in [1.165, 1.54) is 0 Å². The van der Waals surface area contributed by atoms with Crippen molar-refractivity contribution in [3.63, 3.8) is 0 Å². The van der Waals surface area contributed by atoms with Crippen LogP contribution in [0.25, 0.3) is 6.08 Å². The molecular weight excluding hydrogens is 270 g/mol. The lowest BCUT2D eigenvalue weighted by Gasteiger charge is -2.13. The minimum Gasteiger partial charge on any atom is -0.493 e. The van der Waals surface area contributed by atoms with Gasteiger partial charge in [0.25, 0.3) is 0 Å². The standard InChI is InChI=1S/C16H21NO4/c1-4-17-14(18)7-8-21-16-11(2)9-13(10-12(16)3)5-6-15(19)20/h5-6,9-10H,4,7-8H2,1-3H3,(H,17,18)(H,19,20). The Bertz CT molecular complexity index is 526. The van der Waals surface area contributed by atoms with Crippen LogP contribution in [-0.2, 0) is 9.59 Å². The maximum absolute atomic E-state index is 11.4. The van der Waals surface area contributed by atoms with Gasteiger partial charge in [0.1, 0.15) is 5.75 Å². The Morgan fingerprint density at radius 1 is 1.29 bits per heavy atom. The van der Waals surface area contributed by atoms with Crippen LogP contribution >= 0.6 is 0 Å². The van der Waals surface area contributed by atoms with Crippen LogP contribution < -0.4 is 10.1 Å². The van der Waals surface area contributed by atoms with Gasteiger partial charge in [0.2, 0.25) is 5.91 Å². The topological polar surface area (TPSA) is 75.6 Å². The lowest BCUT2D eigenvalue weighted by atomic mass is 10.1. The maximum Gasteiger partial charge on any atom is 0.328 e. The van der Waals surface area contributed by atoms with Crippen molar-refractivity contribution in [2.45, 2.75) is 27.2 Å². The van der Waals surface area contributed by atoms with Gasteiger partial charge in [0.05, 0.1) is 13.0 Å². The van der Waals surface area contributed by atoms with Crippen LogP contribution in [0.4, 0.5) is 0 Å². The van der Waals surface area contributed by atoms with E-state index in [1.807, 2.05) is 32.9 Å². The van der Waals surface area contributed by atoms with Gasteiger partial charge in [0.15, 0.2) is 0 Å². The number of hydrogen-bond acceptors (Lipinski definition) is 3. The summed E-state index contributed by atoms with van der Waals surface area (Å²) >= 11 is 0. The molecule has 21 heavy (non-hydrogen) atoms. The van der Waals surface area contributed by atoms with Crippen LogP contribution in [0.15, 0.2) is 18.2 Å². The van der Waals surface area contributed by atoms with Gasteiger partial charge in [-0.2, -0.15) is 0 Å². The van der Waals surface area contributed by atoms with Gasteiger partial charge < -0.3 is 15.2 Å². The van der Waals surface area contributed by atoms with Gasteiger partial charge >= 0.3 is 5.97 Å². The molecular formula is C16H21NO4. The highest BCUT2D eigenvalue weighted by molar-refractivity contribution is 5.85. The maximum atomic E-state index is 11.4. The quantitative estimate of drug-likeness (QED) is 0.756. The second-order valence-electron chi connectivity index (χ2n) is 4.71. The third-order valence-electron chi connectivity index (χ3n) is 2.85. The van der Waals surface area contributed by atoms with E-state index >= 15 is 0 Å². The fourth-order valence-electron chi connectivity index (χ4n) is 2.01. The first-order valence-corrected chi connectivity index (χ1v) is 6.85. The second kappa shape index (κ2) is 8.09. The Morgan fingerprint density at radius 3 is 2.43 bits per heavy atom. The molecule has 1 aromatic rings. The summed E-state index contributed by atoms with van der Waals surface area (Å²) in [6.07, 6.45) is 2.96. The van der Waals surface area contributed by atoms with Gasteiger partial charge in [-0.25, -0.2) is 4.79 Å². The Labute approximate surface area is 124 Å². The minimum absolute atomic E-state index is 0.0335. The van der Waals surface area contributed by atoms with Crippen LogP contribution in [0, 0.1) is 13.8 Å². The molecule has 0 saturated carbocycles. The SMILES string of the molecule is CCNC(=O)CCOc1c(C)cc(C=CC(=O)O)cc1C. The molecule has 0 saturated heterocycles. The molecule has 0 aliphatic rings. The van der Waals surface area contributed by atoms with Crippen molar-refractivity contribution < 1.29 is 19.4 Å². The van der Waals surface area contributed by atoms with Gasteiger partial charge in [-0.05, 0) is 55.7 Å². The highest BCUT2D eigenvalue weighted by atomic mass is 16.5. The van der Waals surface area contributed by atoms with E-state index < -0.39 is 5.97 Å². The lowest BCUT2D eigenvalue weighted by molar-refractivity contribution is -0.131. The normalized spacial score (nSPS) is 10.6. The number of benzene rings is 1. The fourth-order valence-corrected chi connectivity index (χ4v) is 2.01. The molecule has 0 unspecified atom stereocenters. The molecule has 5 heteroatoms. The number of hydrogen-bond donors (Lipinski definition) is 2. The molecule has 1 rings (SSSR count). The zero-order valence-corrected chi connectivity index (χ0v) is 12.6. The first-order chi connectivity index (χ1) is 9.93. The van der Waals surface area contributed by atoms with E-state index in [1.54, 1.807) is 6.08 Å². The van der Waals surface area contributed by atoms with Gasteiger partial charge in [-0.3, -0.25) is 4.79 Å². The van der Waals surface area contributed by atoms with E-state index in [2.05, 4.69) is 5.32 Å². The molecule has 0 heterocycles. The molecule has 0 aliphatic heterocycles. The first-order valence-electron chi connectivity index (χ1n) is 6.85. The minimum atomic E-state index is -0.979. The summed E-state index contributed by atoms with van der Waals surface area (Å²) in [5, 5.41) is 11.3. The predicted molar refractivity (Wildman–Crippen MR) is 81.4 cm³/mol. The van der Waals surface area contributed by atoms with Crippen molar-refractivity contribution in [2.24, 2.45) is 0 Å². The molecule has 0 spiro atoms. The molecule has 1 aromatic carbocycles.